The van der Waals surface area contributed by atoms with Crippen LogP contribution in [0.5, 0.6) is 0 Å². The topological polar surface area (TPSA) is 37.3 Å². The first-order valence-electron chi connectivity index (χ1n) is 2.44. The minimum atomic E-state index is -0.731. The first kappa shape index (κ1) is 11.0. The van der Waals surface area contributed by atoms with Crippen LogP contribution in [0.4, 0.5) is 0 Å². The van der Waals surface area contributed by atoms with E-state index in [0.717, 1.165) is 6.42 Å². The summed E-state index contributed by atoms with van der Waals surface area (Å²) in [7, 11) is 0. The van der Waals surface area contributed by atoms with E-state index in [-0.39, 0.29) is 17.1 Å². The SMILES string of the molecule is CCCC(O)C=O.[Fe]. The Hall–Kier alpha value is 0.149. The molecular formula is C5H10FeO2. The quantitative estimate of drug-likeness (QED) is 0.475. The van der Waals surface area contributed by atoms with E-state index >= 15 is 0 Å². The smallest absolute Gasteiger partial charge is 0.148 e. The summed E-state index contributed by atoms with van der Waals surface area (Å²) in [4.78, 5) is 9.64. The van der Waals surface area contributed by atoms with Gasteiger partial charge in [0.15, 0.2) is 0 Å². The van der Waals surface area contributed by atoms with Gasteiger partial charge in [-0.3, -0.25) is 0 Å². The molecule has 8 heavy (non-hydrogen) atoms. The third kappa shape index (κ3) is 6.15. The van der Waals surface area contributed by atoms with Gasteiger partial charge in [-0.2, -0.15) is 0 Å². The molecule has 2 nitrogen and oxygen atoms in total. The van der Waals surface area contributed by atoms with E-state index in [1.165, 1.54) is 0 Å². The van der Waals surface area contributed by atoms with E-state index < -0.39 is 6.10 Å². The van der Waals surface area contributed by atoms with Crippen molar-refractivity contribution >= 4 is 6.29 Å². The molecule has 3 heteroatoms. The van der Waals surface area contributed by atoms with Gasteiger partial charge in [-0.25, -0.2) is 0 Å². The molecule has 0 aliphatic carbocycles. The van der Waals surface area contributed by atoms with Crippen molar-refractivity contribution in [3.8, 4) is 0 Å². The Bertz CT molecular complexity index is 56.4. The summed E-state index contributed by atoms with van der Waals surface area (Å²) in [5.74, 6) is 0. The van der Waals surface area contributed by atoms with Crippen LogP contribution in [0, 0.1) is 0 Å². The van der Waals surface area contributed by atoms with Gasteiger partial charge in [0.1, 0.15) is 12.4 Å². The van der Waals surface area contributed by atoms with Gasteiger partial charge < -0.3 is 9.90 Å². The zero-order valence-electron chi connectivity index (χ0n) is 4.78. The third-order valence-electron chi connectivity index (χ3n) is 0.742. The molecule has 0 rings (SSSR count). The summed E-state index contributed by atoms with van der Waals surface area (Å²) in [5.41, 5.74) is 0. The molecule has 1 unspecified atom stereocenters. The van der Waals surface area contributed by atoms with Gasteiger partial charge in [-0.1, -0.05) is 13.3 Å². The van der Waals surface area contributed by atoms with Crippen LogP contribution >= 0.6 is 0 Å². The largest absolute Gasteiger partial charge is 0.386 e. The molecule has 0 aromatic heterocycles. The molecule has 50 valence electrons. The summed E-state index contributed by atoms with van der Waals surface area (Å²) in [6.07, 6.45) is 1.28. The van der Waals surface area contributed by atoms with Gasteiger partial charge in [-0.15, -0.1) is 0 Å². The standard InChI is InChI=1S/C5H10O2.Fe/c1-2-3-5(7)4-6;/h4-5,7H,2-3H2,1H3;. The number of carbonyl (C=O) groups is 1. The van der Waals surface area contributed by atoms with Crippen molar-refractivity contribution in [2.45, 2.75) is 25.9 Å². The van der Waals surface area contributed by atoms with E-state index in [2.05, 4.69) is 0 Å². The van der Waals surface area contributed by atoms with Crippen molar-refractivity contribution in [1.29, 1.82) is 0 Å². The van der Waals surface area contributed by atoms with E-state index in [1.807, 2.05) is 6.92 Å². The molecule has 0 saturated heterocycles. The molecule has 0 amide bonds. The van der Waals surface area contributed by atoms with E-state index in [0.29, 0.717) is 12.7 Å². The van der Waals surface area contributed by atoms with Gasteiger partial charge in [0.25, 0.3) is 0 Å². The summed E-state index contributed by atoms with van der Waals surface area (Å²) in [6.45, 7) is 1.92. The van der Waals surface area contributed by atoms with Crippen LogP contribution in [0.1, 0.15) is 19.8 Å². The number of carbonyl (C=O) groups excluding carboxylic acids is 1. The maximum atomic E-state index is 9.64. The number of hydrogen-bond acceptors (Lipinski definition) is 2. The minimum absolute atomic E-state index is 0. The fourth-order valence-corrected chi connectivity index (χ4v) is 0.364. The van der Waals surface area contributed by atoms with Crippen molar-refractivity contribution in [3.63, 3.8) is 0 Å². The van der Waals surface area contributed by atoms with E-state index in [1.54, 1.807) is 0 Å². The number of aldehydes is 1. The molecule has 0 heterocycles. The van der Waals surface area contributed by atoms with Gasteiger partial charge in [-0.05, 0) is 6.42 Å². The minimum Gasteiger partial charge on any atom is -0.386 e. The Kier molecular flexibility index (Phi) is 9.84. The van der Waals surface area contributed by atoms with Crippen molar-refractivity contribution in [2.75, 3.05) is 0 Å². The normalized spacial score (nSPS) is 11.8. The molecule has 0 saturated carbocycles. The molecule has 0 fully saturated rings. The zero-order chi connectivity index (χ0) is 5.70. The van der Waals surface area contributed by atoms with E-state index in [4.69, 9.17) is 5.11 Å². The van der Waals surface area contributed by atoms with E-state index in [9.17, 15) is 4.79 Å². The van der Waals surface area contributed by atoms with Gasteiger partial charge >= 0.3 is 0 Å². The monoisotopic (exact) mass is 158 g/mol. The maximum Gasteiger partial charge on any atom is 0.148 e. The zero-order valence-corrected chi connectivity index (χ0v) is 5.88. The molecule has 0 spiro atoms. The van der Waals surface area contributed by atoms with Gasteiger partial charge in [0, 0.05) is 17.1 Å². The predicted octanol–water partition coefficient (Wildman–Crippen LogP) is 0.344. The van der Waals surface area contributed by atoms with Crippen molar-refractivity contribution in [1.82, 2.24) is 0 Å². The Morgan fingerprint density at radius 2 is 2.25 bits per heavy atom. The van der Waals surface area contributed by atoms with Crippen LogP contribution < -0.4 is 0 Å². The molecule has 0 aliphatic rings. The van der Waals surface area contributed by atoms with Crippen molar-refractivity contribution < 1.29 is 27.0 Å². The number of aliphatic hydroxyl groups is 1. The fourth-order valence-electron chi connectivity index (χ4n) is 0.364. The molecular weight excluding hydrogens is 148 g/mol. The molecule has 0 radical (unpaired) electrons. The van der Waals surface area contributed by atoms with Crippen LogP contribution in [-0.2, 0) is 21.9 Å². The van der Waals surface area contributed by atoms with Crippen LogP contribution in [-0.4, -0.2) is 17.5 Å². The van der Waals surface area contributed by atoms with Crippen LogP contribution in [0.3, 0.4) is 0 Å². The molecule has 0 aromatic carbocycles. The average molecular weight is 158 g/mol. The fraction of sp³-hybridized carbons (Fsp3) is 0.800. The van der Waals surface area contributed by atoms with Crippen LogP contribution in [0.15, 0.2) is 0 Å². The summed E-state index contributed by atoms with van der Waals surface area (Å²) in [5, 5.41) is 8.49. The van der Waals surface area contributed by atoms with Crippen LogP contribution in [0.25, 0.3) is 0 Å². The van der Waals surface area contributed by atoms with Gasteiger partial charge in [0.2, 0.25) is 0 Å². The third-order valence-corrected chi connectivity index (χ3v) is 0.742. The summed E-state index contributed by atoms with van der Waals surface area (Å²) >= 11 is 0. The second kappa shape index (κ2) is 7.15. The average Bonchev–Trinajstić information content (AvgIpc) is 1.68. The summed E-state index contributed by atoms with van der Waals surface area (Å²) < 4.78 is 0. The van der Waals surface area contributed by atoms with Crippen molar-refractivity contribution in [3.05, 3.63) is 0 Å². The Balaban J connectivity index is 0. The van der Waals surface area contributed by atoms with Crippen molar-refractivity contribution in [2.24, 2.45) is 0 Å². The molecule has 1 N–H and O–H groups in total. The Morgan fingerprint density at radius 1 is 1.75 bits per heavy atom. The second-order valence-electron chi connectivity index (χ2n) is 1.49. The first-order chi connectivity index (χ1) is 3.31. The number of hydrogen-bond donors (Lipinski definition) is 1. The number of aliphatic hydroxyl groups excluding tert-OH is 1. The maximum absolute atomic E-state index is 9.64. The Labute approximate surface area is 59.8 Å². The molecule has 0 aliphatic heterocycles. The van der Waals surface area contributed by atoms with Crippen LogP contribution in [0.2, 0.25) is 0 Å². The first-order valence-corrected chi connectivity index (χ1v) is 2.44. The predicted molar refractivity (Wildman–Crippen MR) is 27.0 cm³/mol. The number of rotatable bonds is 3. The molecule has 1 atom stereocenters. The summed E-state index contributed by atoms with van der Waals surface area (Å²) in [6, 6.07) is 0. The Morgan fingerprint density at radius 3 is 2.38 bits per heavy atom. The molecule has 0 bridgehead atoms. The second-order valence-corrected chi connectivity index (χ2v) is 1.49. The van der Waals surface area contributed by atoms with Gasteiger partial charge in [0.05, 0.1) is 0 Å². The molecule has 0 aromatic rings.